The van der Waals surface area contributed by atoms with Crippen LogP contribution in [0.15, 0.2) is 83.5 Å². The largest absolute Gasteiger partial charge is 0.497 e. The SMILES string of the molecule is COc1ccc([C@H](NC(=O)/C=C/c2ccco2)c2ccccc2)cc1. The first-order valence-corrected chi connectivity index (χ1v) is 7.97. The van der Waals surface area contributed by atoms with Crippen molar-refractivity contribution in [1.29, 1.82) is 0 Å². The van der Waals surface area contributed by atoms with Crippen LogP contribution in [0.3, 0.4) is 0 Å². The van der Waals surface area contributed by atoms with Gasteiger partial charge in [-0.25, -0.2) is 0 Å². The van der Waals surface area contributed by atoms with Crippen LogP contribution in [0.5, 0.6) is 5.75 Å². The van der Waals surface area contributed by atoms with E-state index in [-0.39, 0.29) is 11.9 Å². The van der Waals surface area contributed by atoms with Crippen LogP contribution in [0.2, 0.25) is 0 Å². The Hall–Kier alpha value is -3.27. The molecular weight excluding hydrogens is 314 g/mol. The summed E-state index contributed by atoms with van der Waals surface area (Å²) in [6.45, 7) is 0. The minimum Gasteiger partial charge on any atom is -0.497 e. The van der Waals surface area contributed by atoms with Crippen LogP contribution < -0.4 is 10.1 Å². The van der Waals surface area contributed by atoms with Crippen LogP contribution in [0.25, 0.3) is 6.08 Å². The van der Waals surface area contributed by atoms with Crippen molar-refractivity contribution in [3.05, 3.63) is 96.0 Å². The Bertz CT molecular complexity index is 821. The van der Waals surface area contributed by atoms with E-state index in [1.165, 1.54) is 6.08 Å². The van der Waals surface area contributed by atoms with Gasteiger partial charge < -0.3 is 14.5 Å². The first-order valence-electron chi connectivity index (χ1n) is 7.97. The molecule has 0 saturated carbocycles. The van der Waals surface area contributed by atoms with E-state index in [4.69, 9.17) is 9.15 Å². The molecule has 4 heteroatoms. The number of nitrogens with one attached hydrogen (secondary N) is 1. The van der Waals surface area contributed by atoms with Crippen LogP contribution >= 0.6 is 0 Å². The second-order valence-electron chi connectivity index (χ2n) is 5.47. The minimum absolute atomic E-state index is 0.193. The molecule has 0 bridgehead atoms. The van der Waals surface area contributed by atoms with Crippen molar-refractivity contribution >= 4 is 12.0 Å². The molecule has 0 unspecified atom stereocenters. The average molecular weight is 333 g/mol. The van der Waals surface area contributed by atoms with Crippen LogP contribution in [-0.2, 0) is 4.79 Å². The van der Waals surface area contributed by atoms with Crippen molar-refractivity contribution in [2.24, 2.45) is 0 Å². The maximum Gasteiger partial charge on any atom is 0.244 e. The lowest BCUT2D eigenvalue weighted by molar-refractivity contribution is -0.116. The molecule has 0 spiro atoms. The Morgan fingerprint density at radius 2 is 1.72 bits per heavy atom. The summed E-state index contributed by atoms with van der Waals surface area (Å²) < 4.78 is 10.4. The van der Waals surface area contributed by atoms with Gasteiger partial charge in [0, 0.05) is 6.08 Å². The third-order valence-corrected chi connectivity index (χ3v) is 3.81. The second-order valence-corrected chi connectivity index (χ2v) is 5.47. The molecule has 0 fully saturated rings. The zero-order chi connectivity index (χ0) is 17.5. The first-order chi connectivity index (χ1) is 12.3. The molecule has 0 aliphatic heterocycles. The molecule has 0 aliphatic rings. The smallest absolute Gasteiger partial charge is 0.244 e. The summed E-state index contributed by atoms with van der Waals surface area (Å²) in [5.41, 5.74) is 1.99. The number of carbonyl (C=O) groups excluding carboxylic acids is 1. The molecule has 0 radical (unpaired) electrons. The van der Waals surface area contributed by atoms with Crippen LogP contribution in [0.1, 0.15) is 22.9 Å². The Kier molecular flexibility index (Phi) is 5.32. The zero-order valence-corrected chi connectivity index (χ0v) is 13.9. The van der Waals surface area contributed by atoms with Crippen molar-refractivity contribution in [1.82, 2.24) is 5.32 Å². The summed E-state index contributed by atoms with van der Waals surface area (Å²) in [7, 11) is 1.63. The van der Waals surface area contributed by atoms with Gasteiger partial charge in [0.1, 0.15) is 11.5 Å². The van der Waals surface area contributed by atoms with Crippen molar-refractivity contribution in [2.75, 3.05) is 7.11 Å². The molecule has 2 aromatic carbocycles. The summed E-state index contributed by atoms with van der Waals surface area (Å²) >= 11 is 0. The van der Waals surface area contributed by atoms with Gasteiger partial charge in [-0.2, -0.15) is 0 Å². The molecule has 25 heavy (non-hydrogen) atoms. The maximum atomic E-state index is 12.4. The van der Waals surface area contributed by atoms with Gasteiger partial charge in [-0.1, -0.05) is 42.5 Å². The summed E-state index contributed by atoms with van der Waals surface area (Å²) in [5.74, 6) is 1.22. The molecule has 1 aromatic heterocycles. The maximum absolute atomic E-state index is 12.4. The number of carbonyl (C=O) groups is 1. The van der Waals surface area contributed by atoms with E-state index >= 15 is 0 Å². The highest BCUT2D eigenvalue weighted by atomic mass is 16.5. The lowest BCUT2D eigenvalue weighted by Crippen LogP contribution is -2.27. The molecule has 3 aromatic rings. The highest BCUT2D eigenvalue weighted by Crippen LogP contribution is 2.24. The Labute approximate surface area is 146 Å². The first kappa shape index (κ1) is 16.6. The molecule has 4 nitrogen and oxygen atoms in total. The number of ether oxygens (including phenoxy) is 1. The predicted molar refractivity (Wildman–Crippen MR) is 97.2 cm³/mol. The zero-order valence-electron chi connectivity index (χ0n) is 13.9. The van der Waals surface area contributed by atoms with Crippen molar-refractivity contribution < 1.29 is 13.9 Å². The van der Waals surface area contributed by atoms with E-state index in [1.807, 2.05) is 54.6 Å². The van der Waals surface area contributed by atoms with Crippen molar-refractivity contribution in [3.63, 3.8) is 0 Å². The van der Waals surface area contributed by atoms with Crippen molar-refractivity contribution in [2.45, 2.75) is 6.04 Å². The van der Waals surface area contributed by atoms with E-state index in [0.717, 1.165) is 16.9 Å². The minimum atomic E-state index is -0.249. The van der Waals surface area contributed by atoms with Gasteiger partial charge in [-0.3, -0.25) is 4.79 Å². The van der Waals surface area contributed by atoms with Gasteiger partial charge in [0.15, 0.2) is 0 Å². The molecule has 3 rings (SSSR count). The van der Waals surface area contributed by atoms with E-state index < -0.39 is 0 Å². The molecule has 1 heterocycles. The fourth-order valence-corrected chi connectivity index (χ4v) is 2.54. The molecular formula is C21H19NO3. The van der Waals surface area contributed by atoms with Gasteiger partial charge in [-0.05, 0) is 41.5 Å². The van der Waals surface area contributed by atoms with Crippen molar-refractivity contribution in [3.8, 4) is 5.75 Å². The summed E-state index contributed by atoms with van der Waals surface area (Å²) in [4.78, 5) is 12.4. The molecule has 126 valence electrons. The summed E-state index contributed by atoms with van der Waals surface area (Å²) in [6, 6.07) is 20.8. The Morgan fingerprint density at radius 1 is 1.00 bits per heavy atom. The fraction of sp³-hybridized carbons (Fsp3) is 0.0952. The lowest BCUT2D eigenvalue weighted by Gasteiger charge is -2.19. The van der Waals surface area contributed by atoms with E-state index in [0.29, 0.717) is 5.76 Å². The molecule has 0 saturated heterocycles. The number of rotatable bonds is 6. The van der Waals surface area contributed by atoms with E-state index in [1.54, 1.807) is 31.6 Å². The number of methoxy groups -OCH3 is 1. The van der Waals surface area contributed by atoms with Gasteiger partial charge in [0.2, 0.25) is 5.91 Å². The topological polar surface area (TPSA) is 51.5 Å². The Morgan fingerprint density at radius 3 is 2.36 bits per heavy atom. The third kappa shape index (κ3) is 4.38. The predicted octanol–water partition coefficient (Wildman–Crippen LogP) is 4.21. The number of hydrogen-bond donors (Lipinski definition) is 1. The lowest BCUT2D eigenvalue weighted by atomic mass is 9.98. The highest BCUT2D eigenvalue weighted by molar-refractivity contribution is 5.91. The van der Waals surface area contributed by atoms with Gasteiger partial charge in [0.05, 0.1) is 19.4 Å². The third-order valence-electron chi connectivity index (χ3n) is 3.81. The number of hydrogen-bond acceptors (Lipinski definition) is 3. The van der Waals surface area contributed by atoms with Crippen LogP contribution in [0, 0.1) is 0 Å². The molecule has 1 amide bonds. The van der Waals surface area contributed by atoms with Gasteiger partial charge in [0.25, 0.3) is 0 Å². The summed E-state index contributed by atoms with van der Waals surface area (Å²) in [5, 5.41) is 3.04. The quantitative estimate of drug-likeness (QED) is 0.688. The number of benzene rings is 2. The average Bonchev–Trinajstić information content (AvgIpc) is 3.19. The van der Waals surface area contributed by atoms with Crippen LogP contribution in [0.4, 0.5) is 0 Å². The molecule has 0 aliphatic carbocycles. The Balaban J connectivity index is 1.82. The highest BCUT2D eigenvalue weighted by Gasteiger charge is 2.15. The standard InChI is InChI=1S/C21H19NO3/c1-24-18-11-9-17(10-12-18)21(16-6-3-2-4-7-16)22-20(23)14-13-19-8-5-15-25-19/h2-15,21H,1H3,(H,22,23)/b14-13+/t21-/m1/s1. The number of furan rings is 1. The number of amides is 1. The molecule has 1 atom stereocenters. The van der Waals surface area contributed by atoms with E-state index in [9.17, 15) is 4.79 Å². The van der Waals surface area contributed by atoms with Gasteiger partial charge >= 0.3 is 0 Å². The summed E-state index contributed by atoms with van der Waals surface area (Å²) in [6.07, 6.45) is 4.69. The monoisotopic (exact) mass is 333 g/mol. The van der Waals surface area contributed by atoms with Gasteiger partial charge in [-0.15, -0.1) is 0 Å². The molecule has 1 N–H and O–H groups in total. The second kappa shape index (κ2) is 8.02. The van der Waals surface area contributed by atoms with Crippen LogP contribution in [-0.4, -0.2) is 13.0 Å². The fourth-order valence-electron chi connectivity index (χ4n) is 2.54. The van der Waals surface area contributed by atoms with E-state index in [2.05, 4.69) is 5.32 Å². The normalized spacial score (nSPS) is 12.0.